The van der Waals surface area contributed by atoms with Crippen molar-refractivity contribution in [1.29, 1.82) is 5.26 Å². The second-order valence-electron chi connectivity index (χ2n) is 6.88. The maximum Gasteiger partial charge on any atom is 0.196 e. The quantitative estimate of drug-likeness (QED) is 0.464. The summed E-state index contributed by atoms with van der Waals surface area (Å²) in [6, 6.07) is 1.58. The summed E-state index contributed by atoms with van der Waals surface area (Å²) < 4.78 is 13.0. The van der Waals surface area contributed by atoms with E-state index < -0.39 is 5.83 Å². The van der Waals surface area contributed by atoms with Crippen LogP contribution in [0, 0.1) is 35.0 Å². The molecule has 2 saturated carbocycles. The highest BCUT2D eigenvalue weighted by Crippen LogP contribution is 2.34. The van der Waals surface area contributed by atoms with Crippen molar-refractivity contribution in [3.8, 4) is 6.07 Å². The fourth-order valence-electron chi connectivity index (χ4n) is 3.85. The van der Waals surface area contributed by atoms with E-state index in [1.807, 2.05) is 0 Å². The van der Waals surface area contributed by atoms with Crippen LogP contribution in [-0.2, 0) is 0 Å². The highest BCUT2D eigenvalue weighted by Gasteiger charge is 2.21. The van der Waals surface area contributed by atoms with Crippen LogP contribution in [0.5, 0.6) is 0 Å². The molecule has 116 valence electrons. The fraction of sp³-hybridized carbons (Fsp3) is 0.737. The smallest absolute Gasteiger partial charge is 0.195 e. The predicted molar refractivity (Wildman–Crippen MR) is 85.1 cm³/mol. The molecule has 0 heterocycles. The zero-order valence-corrected chi connectivity index (χ0v) is 13.2. The van der Waals surface area contributed by atoms with Crippen LogP contribution < -0.4 is 0 Å². The molecule has 0 aliphatic heterocycles. The van der Waals surface area contributed by atoms with Gasteiger partial charge in [-0.15, -0.1) is 0 Å². The van der Waals surface area contributed by atoms with E-state index >= 15 is 0 Å². The van der Waals surface area contributed by atoms with Gasteiger partial charge in [0.25, 0.3) is 0 Å². The van der Waals surface area contributed by atoms with Crippen molar-refractivity contribution in [3.63, 3.8) is 0 Å². The van der Waals surface area contributed by atoms with Crippen molar-refractivity contribution in [1.82, 2.24) is 0 Å². The molecule has 0 spiro atoms. The van der Waals surface area contributed by atoms with Gasteiger partial charge in [-0.2, -0.15) is 9.65 Å². The number of hydrogen-bond acceptors (Lipinski definition) is 1. The van der Waals surface area contributed by atoms with Gasteiger partial charge in [-0.1, -0.05) is 25.5 Å². The first-order valence-electron chi connectivity index (χ1n) is 8.67. The summed E-state index contributed by atoms with van der Waals surface area (Å²) in [7, 11) is 0. The molecule has 0 N–H and O–H groups in total. The predicted octanol–water partition coefficient (Wildman–Crippen LogP) is 5.94. The summed E-state index contributed by atoms with van der Waals surface area (Å²) in [4.78, 5) is 0. The third-order valence-electron chi connectivity index (χ3n) is 5.43. The van der Waals surface area contributed by atoms with E-state index in [4.69, 9.17) is 5.26 Å². The molecule has 0 aromatic heterocycles. The molecule has 2 heteroatoms. The minimum absolute atomic E-state index is 0.272. The number of halogens is 1. The van der Waals surface area contributed by atoms with Crippen LogP contribution in [0.25, 0.3) is 0 Å². The molecule has 2 rings (SSSR count). The first kappa shape index (κ1) is 16.3. The Balaban J connectivity index is 1.71. The summed E-state index contributed by atoms with van der Waals surface area (Å²) in [5, 5.41) is 8.48. The van der Waals surface area contributed by atoms with Gasteiger partial charge in [-0.3, -0.25) is 0 Å². The van der Waals surface area contributed by atoms with E-state index in [2.05, 4.69) is 19.1 Å². The molecule has 1 nitrogen and oxygen atoms in total. The van der Waals surface area contributed by atoms with Crippen LogP contribution >= 0.6 is 0 Å². The SMILES string of the molecule is CC[C@H]1CC[C@H](C=C[C@H]2CC[C@H](C=C(F)C#N)CC2)CC1. The Morgan fingerprint density at radius 2 is 1.43 bits per heavy atom. The van der Waals surface area contributed by atoms with Crippen LogP contribution in [0.1, 0.15) is 64.7 Å². The number of rotatable bonds is 4. The average Bonchev–Trinajstić information content (AvgIpc) is 2.54. The fourth-order valence-corrected chi connectivity index (χ4v) is 3.85. The normalized spacial score (nSPS) is 34.8. The van der Waals surface area contributed by atoms with Gasteiger partial charge in [0.1, 0.15) is 6.07 Å². The first-order chi connectivity index (χ1) is 10.2. The van der Waals surface area contributed by atoms with Crippen LogP contribution in [0.3, 0.4) is 0 Å². The molecular weight excluding hydrogens is 261 g/mol. The number of hydrogen-bond donors (Lipinski definition) is 0. The number of allylic oxidation sites excluding steroid dienone is 4. The molecule has 0 aromatic carbocycles. The van der Waals surface area contributed by atoms with Gasteiger partial charge in [0.05, 0.1) is 0 Å². The van der Waals surface area contributed by atoms with Gasteiger partial charge in [-0.05, 0) is 81.1 Å². The number of nitriles is 1. The van der Waals surface area contributed by atoms with Gasteiger partial charge in [0, 0.05) is 0 Å². The van der Waals surface area contributed by atoms with Crippen molar-refractivity contribution in [3.05, 3.63) is 24.1 Å². The summed E-state index contributed by atoms with van der Waals surface area (Å²) >= 11 is 0. The highest BCUT2D eigenvalue weighted by molar-refractivity contribution is 5.13. The lowest BCUT2D eigenvalue weighted by atomic mass is 9.78. The van der Waals surface area contributed by atoms with Gasteiger partial charge >= 0.3 is 0 Å². The van der Waals surface area contributed by atoms with Gasteiger partial charge in [0.15, 0.2) is 5.83 Å². The Morgan fingerprint density at radius 1 is 0.952 bits per heavy atom. The average molecular weight is 289 g/mol. The molecule has 2 fully saturated rings. The zero-order chi connectivity index (χ0) is 15.1. The lowest BCUT2D eigenvalue weighted by Gasteiger charge is -2.27. The summed E-state index contributed by atoms with van der Waals surface area (Å²) in [5.74, 6) is 2.09. The monoisotopic (exact) mass is 289 g/mol. The van der Waals surface area contributed by atoms with Crippen LogP contribution in [0.15, 0.2) is 24.1 Å². The van der Waals surface area contributed by atoms with Crippen LogP contribution in [0.4, 0.5) is 4.39 Å². The second-order valence-corrected chi connectivity index (χ2v) is 6.88. The van der Waals surface area contributed by atoms with E-state index in [9.17, 15) is 4.39 Å². The maximum atomic E-state index is 13.0. The zero-order valence-electron chi connectivity index (χ0n) is 13.2. The van der Waals surface area contributed by atoms with Crippen molar-refractivity contribution < 1.29 is 4.39 Å². The van der Waals surface area contributed by atoms with E-state index in [1.165, 1.54) is 38.2 Å². The van der Waals surface area contributed by atoms with Crippen molar-refractivity contribution >= 4 is 0 Å². The molecule has 21 heavy (non-hydrogen) atoms. The molecular formula is C19H28FN. The maximum absolute atomic E-state index is 13.0. The topological polar surface area (TPSA) is 23.8 Å². The molecule has 0 amide bonds. The van der Waals surface area contributed by atoms with E-state index in [-0.39, 0.29) is 5.92 Å². The Bertz CT molecular complexity index is 402. The van der Waals surface area contributed by atoms with Crippen molar-refractivity contribution in [2.75, 3.05) is 0 Å². The Kier molecular flexibility index (Phi) is 6.49. The van der Waals surface area contributed by atoms with Crippen molar-refractivity contribution in [2.45, 2.75) is 64.7 Å². The lowest BCUT2D eigenvalue weighted by molar-refractivity contribution is 0.301. The standard InChI is InChI=1S/C19H28FN/c1-2-15-3-5-16(6-4-15)7-8-17-9-11-18(12-10-17)13-19(20)14-21/h7-8,13,15-18H,2-6,9-12H2,1H3/t15-,16-,17-,18-. The summed E-state index contributed by atoms with van der Waals surface area (Å²) in [5.41, 5.74) is 0. The van der Waals surface area contributed by atoms with Gasteiger partial charge < -0.3 is 0 Å². The third kappa shape index (κ3) is 5.30. The third-order valence-corrected chi connectivity index (χ3v) is 5.43. The lowest BCUT2D eigenvalue weighted by Crippen LogP contribution is -2.14. The van der Waals surface area contributed by atoms with Crippen LogP contribution in [0.2, 0.25) is 0 Å². The van der Waals surface area contributed by atoms with Crippen molar-refractivity contribution in [2.24, 2.45) is 23.7 Å². The molecule has 2 aliphatic carbocycles. The molecule has 0 atom stereocenters. The van der Waals surface area contributed by atoms with E-state index in [0.717, 1.165) is 37.5 Å². The Labute approximate surface area is 128 Å². The van der Waals surface area contributed by atoms with Gasteiger partial charge in [0.2, 0.25) is 0 Å². The van der Waals surface area contributed by atoms with Gasteiger partial charge in [-0.25, -0.2) is 0 Å². The number of nitrogens with zero attached hydrogens (tertiary/aromatic N) is 1. The molecule has 0 radical (unpaired) electrons. The van der Waals surface area contributed by atoms with E-state index in [0.29, 0.717) is 5.92 Å². The summed E-state index contributed by atoms with van der Waals surface area (Å²) in [6.45, 7) is 2.31. The Hall–Kier alpha value is -1.10. The minimum Gasteiger partial charge on any atom is -0.195 e. The molecule has 0 saturated heterocycles. The van der Waals surface area contributed by atoms with Crippen LogP contribution in [-0.4, -0.2) is 0 Å². The van der Waals surface area contributed by atoms with E-state index in [1.54, 1.807) is 6.07 Å². The highest BCUT2D eigenvalue weighted by atomic mass is 19.1. The molecule has 2 aliphatic rings. The molecule has 0 unspecified atom stereocenters. The summed E-state index contributed by atoms with van der Waals surface area (Å²) in [6.07, 6.45) is 17.6. The Morgan fingerprint density at radius 3 is 1.90 bits per heavy atom. The molecule has 0 bridgehead atoms. The first-order valence-corrected chi connectivity index (χ1v) is 8.67. The largest absolute Gasteiger partial charge is 0.196 e. The molecule has 0 aromatic rings. The minimum atomic E-state index is -0.610. The second kappa shape index (κ2) is 8.37.